The quantitative estimate of drug-likeness (QED) is 0.377. The smallest absolute Gasteiger partial charge is 0.408 e. The van der Waals surface area contributed by atoms with E-state index in [0.29, 0.717) is 25.1 Å². The van der Waals surface area contributed by atoms with Crippen LogP contribution in [-0.2, 0) is 23.9 Å². The van der Waals surface area contributed by atoms with Crippen molar-refractivity contribution < 1.29 is 28.7 Å². The highest BCUT2D eigenvalue weighted by Gasteiger charge is 2.34. The van der Waals surface area contributed by atoms with E-state index in [1.807, 2.05) is 30.3 Å². The highest BCUT2D eigenvalue weighted by atomic mass is 16.6. The number of hydrogen-bond acceptors (Lipinski definition) is 8. The molecule has 3 rings (SSSR count). The Morgan fingerprint density at radius 3 is 2.43 bits per heavy atom. The molecule has 42 heavy (non-hydrogen) atoms. The van der Waals surface area contributed by atoms with Gasteiger partial charge in [0.1, 0.15) is 29.8 Å². The van der Waals surface area contributed by atoms with Crippen molar-refractivity contribution in [3.63, 3.8) is 0 Å². The summed E-state index contributed by atoms with van der Waals surface area (Å²) in [6.45, 7) is 16.2. The zero-order valence-electron chi connectivity index (χ0n) is 25.5. The van der Waals surface area contributed by atoms with E-state index in [1.165, 1.54) is 5.01 Å². The lowest BCUT2D eigenvalue weighted by atomic mass is 10.0. The van der Waals surface area contributed by atoms with Gasteiger partial charge in [0.15, 0.2) is 0 Å². The highest BCUT2D eigenvalue weighted by Crippen LogP contribution is 2.22. The van der Waals surface area contributed by atoms with E-state index in [2.05, 4.69) is 27.6 Å². The summed E-state index contributed by atoms with van der Waals surface area (Å²) in [6.07, 6.45) is 1.48. The first-order chi connectivity index (χ1) is 19.7. The molecule has 1 fully saturated rings. The van der Waals surface area contributed by atoms with E-state index >= 15 is 0 Å². The van der Waals surface area contributed by atoms with Gasteiger partial charge in [0.2, 0.25) is 5.91 Å². The first-order valence-corrected chi connectivity index (χ1v) is 14.3. The van der Waals surface area contributed by atoms with Crippen LogP contribution >= 0.6 is 0 Å². The molecular formula is C31H43N5O6. The van der Waals surface area contributed by atoms with E-state index in [0.717, 1.165) is 16.5 Å². The maximum atomic E-state index is 13.2. The maximum absolute atomic E-state index is 13.2. The molecule has 4 atom stereocenters. The van der Waals surface area contributed by atoms with Gasteiger partial charge in [-0.2, -0.15) is 0 Å². The number of pyridine rings is 1. The number of aromatic nitrogens is 1. The number of fused-ring (bicyclic) bond motifs is 1. The normalized spacial score (nSPS) is 17.6. The number of nitrogens with zero attached hydrogens (tertiary/aromatic N) is 2. The van der Waals surface area contributed by atoms with Gasteiger partial charge >= 0.3 is 12.1 Å². The molecule has 0 aliphatic carbocycles. The molecule has 0 bridgehead atoms. The summed E-state index contributed by atoms with van der Waals surface area (Å²) >= 11 is 0. The maximum Gasteiger partial charge on any atom is 0.408 e. The molecular weight excluding hydrogens is 538 g/mol. The number of carbonyl (C=O) groups excluding carboxylic acids is 4. The average Bonchev–Trinajstić information content (AvgIpc) is 2.93. The molecule has 3 amide bonds. The molecule has 3 N–H and O–H groups in total. The van der Waals surface area contributed by atoms with E-state index < -0.39 is 53.7 Å². The number of nitrogens with one attached hydrogen (secondary N) is 3. The van der Waals surface area contributed by atoms with Gasteiger partial charge in [0, 0.05) is 11.9 Å². The van der Waals surface area contributed by atoms with Crippen LogP contribution in [0.5, 0.6) is 0 Å². The zero-order chi connectivity index (χ0) is 31.2. The number of amides is 3. The largest absolute Gasteiger partial charge is 0.455 e. The van der Waals surface area contributed by atoms with E-state index in [4.69, 9.17) is 9.47 Å². The first kappa shape index (κ1) is 32.5. The summed E-state index contributed by atoms with van der Waals surface area (Å²) in [6, 6.07) is 7.03. The Labute approximate surface area is 247 Å². The van der Waals surface area contributed by atoms with Gasteiger partial charge in [0.05, 0.1) is 11.2 Å². The Bertz CT molecular complexity index is 1320. The van der Waals surface area contributed by atoms with Crippen molar-refractivity contribution in [2.45, 2.75) is 91.1 Å². The second-order valence-corrected chi connectivity index (χ2v) is 11.9. The van der Waals surface area contributed by atoms with Crippen molar-refractivity contribution in [1.29, 1.82) is 0 Å². The van der Waals surface area contributed by atoms with E-state index in [9.17, 15) is 19.2 Å². The summed E-state index contributed by atoms with van der Waals surface area (Å²) in [4.78, 5) is 56.1. The Morgan fingerprint density at radius 2 is 1.79 bits per heavy atom. The summed E-state index contributed by atoms with van der Waals surface area (Å²) in [7, 11) is 0. The molecule has 0 radical (unpaired) electrons. The fourth-order valence-electron chi connectivity index (χ4n) is 4.50. The van der Waals surface area contributed by atoms with Crippen LogP contribution in [0.3, 0.4) is 0 Å². The number of alkyl carbamates (subject to hydrolysis) is 1. The number of esters is 1. The van der Waals surface area contributed by atoms with Crippen LogP contribution in [0.4, 0.5) is 4.79 Å². The molecule has 0 spiro atoms. The Kier molecular flexibility index (Phi) is 10.7. The minimum Gasteiger partial charge on any atom is -0.455 e. The van der Waals surface area contributed by atoms with Crippen LogP contribution in [0.25, 0.3) is 17.0 Å². The molecule has 3 unspecified atom stereocenters. The van der Waals surface area contributed by atoms with Gasteiger partial charge in [-0.15, -0.1) is 0 Å². The topological polar surface area (TPSA) is 139 Å². The lowest BCUT2D eigenvalue weighted by Gasteiger charge is -2.35. The fraction of sp³-hybridized carbons (Fsp3) is 0.516. The van der Waals surface area contributed by atoms with Gasteiger partial charge in [-0.1, -0.05) is 44.7 Å². The zero-order valence-corrected chi connectivity index (χ0v) is 25.5. The summed E-state index contributed by atoms with van der Waals surface area (Å²) < 4.78 is 11.0. The molecule has 1 aromatic carbocycles. The molecule has 11 nitrogen and oxygen atoms in total. The Morgan fingerprint density at radius 1 is 1.10 bits per heavy atom. The highest BCUT2D eigenvalue weighted by molar-refractivity contribution is 5.91. The Hall–Kier alpha value is -3.99. The number of hydrazine groups is 1. The lowest BCUT2D eigenvalue weighted by molar-refractivity contribution is -0.157. The number of ether oxygens (including phenoxy) is 2. The van der Waals surface area contributed by atoms with Gasteiger partial charge in [-0.3, -0.25) is 19.4 Å². The minimum atomic E-state index is -0.914. The third kappa shape index (κ3) is 8.75. The van der Waals surface area contributed by atoms with Gasteiger partial charge in [0.25, 0.3) is 5.91 Å². The third-order valence-electron chi connectivity index (χ3n) is 6.77. The van der Waals surface area contributed by atoms with Crippen LogP contribution in [0.15, 0.2) is 36.9 Å². The molecule has 1 aromatic heterocycles. The van der Waals surface area contributed by atoms with Gasteiger partial charge in [-0.25, -0.2) is 15.2 Å². The SMILES string of the molecule is C=Cc1ccc2ccc([C@@H](C)OC(=O)C3CCCN(C(=O)C(C)NC(=O)C(NC(=O)OC(C)(C)C)C(C)C)N3)nc2c1. The van der Waals surface area contributed by atoms with Crippen molar-refractivity contribution in [2.75, 3.05) is 6.54 Å². The van der Waals surface area contributed by atoms with Gasteiger partial charge in [-0.05, 0) is 71.1 Å². The van der Waals surface area contributed by atoms with Crippen LogP contribution < -0.4 is 16.1 Å². The first-order valence-electron chi connectivity index (χ1n) is 14.3. The molecule has 11 heteroatoms. The molecule has 2 heterocycles. The van der Waals surface area contributed by atoms with Crippen molar-refractivity contribution in [2.24, 2.45) is 5.92 Å². The van der Waals surface area contributed by atoms with Crippen LogP contribution in [-0.4, -0.2) is 64.1 Å². The second kappa shape index (κ2) is 13.8. The summed E-state index contributed by atoms with van der Waals surface area (Å²) in [5, 5.41) is 7.56. The van der Waals surface area contributed by atoms with Crippen molar-refractivity contribution in [3.05, 3.63) is 48.2 Å². The van der Waals surface area contributed by atoms with Crippen molar-refractivity contribution in [3.8, 4) is 0 Å². The van der Waals surface area contributed by atoms with Crippen LogP contribution in [0, 0.1) is 5.92 Å². The van der Waals surface area contributed by atoms with Gasteiger partial charge < -0.3 is 20.1 Å². The number of rotatable bonds is 9. The molecule has 228 valence electrons. The Balaban J connectivity index is 1.58. The van der Waals surface area contributed by atoms with Crippen LogP contribution in [0.2, 0.25) is 0 Å². The lowest BCUT2D eigenvalue weighted by Crippen LogP contribution is -2.61. The summed E-state index contributed by atoms with van der Waals surface area (Å²) in [5.74, 6) is -1.68. The number of hydrogen-bond donors (Lipinski definition) is 3. The fourth-order valence-corrected chi connectivity index (χ4v) is 4.50. The molecule has 2 aromatic rings. The van der Waals surface area contributed by atoms with Crippen molar-refractivity contribution >= 4 is 40.9 Å². The number of carbonyl (C=O) groups is 4. The molecule has 1 aliphatic heterocycles. The standard InChI is InChI=1S/C31H43N5O6/c1-9-21-12-13-22-14-15-23(33-25(22)17-21)20(5)41-29(39)24-11-10-16-36(35-24)28(38)19(4)32-27(37)26(18(2)3)34-30(40)42-31(6,7)8/h9,12-15,17-20,24,26,35H,1,10-11,16H2,2-8H3,(H,32,37)(H,34,40)/t19?,20-,24?,26?/m1/s1. The van der Waals surface area contributed by atoms with Crippen LogP contribution in [0.1, 0.15) is 78.7 Å². The molecule has 1 aliphatic rings. The molecule has 0 saturated carbocycles. The van der Waals surface area contributed by atoms with E-state index in [1.54, 1.807) is 54.5 Å². The number of benzene rings is 1. The van der Waals surface area contributed by atoms with E-state index in [-0.39, 0.29) is 5.92 Å². The second-order valence-electron chi connectivity index (χ2n) is 11.9. The predicted octanol–water partition coefficient (Wildman–Crippen LogP) is 4.03. The third-order valence-corrected chi connectivity index (χ3v) is 6.77. The monoisotopic (exact) mass is 581 g/mol. The van der Waals surface area contributed by atoms with Crippen molar-refractivity contribution in [1.82, 2.24) is 26.1 Å². The molecule has 1 saturated heterocycles. The predicted molar refractivity (Wildman–Crippen MR) is 160 cm³/mol. The summed E-state index contributed by atoms with van der Waals surface area (Å²) in [5.41, 5.74) is 4.56. The minimum absolute atomic E-state index is 0.254. The average molecular weight is 582 g/mol.